The fourth-order valence-electron chi connectivity index (χ4n) is 1.92. The molecule has 1 aliphatic heterocycles. The Balaban J connectivity index is 2.29. The molecule has 1 aliphatic rings. The first kappa shape index (κ1) is 9.37. The predicted octanol–water partition coefficient (Wildman–Crippen LogP) is 1.16. The van der Waals surface area contributed by atoms with Gasteiger partial charge in [0.05, 0.1) is 0 Å². The van der Waals surface area contributed by atoms with Crippen LogP contribution < -0.4 is 0 Å². The highest BCUT2D eigenvalue weighted by molar-refractivity contribution is 5.54. The molecule has 0 fully saturated rings. The molecule has 0 N–H and O–H groups in total. The third-order valence-corrected chi connectivity index (χ3v) is 2.73. The number of aldehydes is 1. The van der Waals surface area contributed by atoms with Gasteiger partial charge >= 0.3 is 0 Å². The number of nitrogens with zero attached hydrogens (tertiary/aromatic N) is 3. The SMILES string of the molecule is CC(C)c1nnc2n1CCC(C=O)C2. The number of aromatic nitrogens is 3. The molecule has 76 valence electrons. The minimum absolute atomic E-state index is 0.145. The summed E-state index contributed by atoms with van der Waals surface area (Å²) < 4.78 is 2.16. The summed E-state index contributed by atoms with van der Waals surface area (Å²) in [4.78, 5) is 10.7. The van der Waals surface area contributed by atoms with Crippen LogP contribution in [0, 0.1) is 5.92 Å². The summed E-state index contributed by atoms with van der Waals surface area (Å²) in [5.41, 5.74) is 0. The van der Waals surface area contributed by atoms with Gasteiger partial charge in [0, 0.05) is 24.8 Å². The number of carbonyl (C=O) groups is 1. The lowest BCUT2D eigenvalue weighted by atomic mass is 9.99. The zero-order valence-corrected chi connectivity index (χ0v) is 8.60. The summed E-state index contributed by atoms with van der Waals surface area (Å²) in [6.07, 6.45) is 2.71. The second kappa shape index (κ2) is 3.52. The van der Waals surface area contributed by atoms with Gasteiger partial charge in [-0.3, -0.25) is 0 Å². The van der Waals surface area contributed by atoms with Gasteiger partial charge in [-0.2, -0.15) is 0 Å². The second-order valence-electron chi connectivity index (χ2n) is 4.17. The molecule has 1 aromatic heterocycles. The van der Waals surface area contributed by atoms with Gasteiger partial charge in [-0.05, 0) is 6.42 Å². The van der Waals surface area contributed by atoms with Crippen molar-refractivity contribution in [2.75, 3.05) is 0 Å². The van der Waals surface area contributed by atoms with Crippen molar-refractivity contribution in [1.82, 2.24) is 14.8 Å². The smallest absolute Gasteiger partial charge is 0.135 e. The Kier molecular flexibility index (Phi) is 2.35. The molecule has 14 heavy (non-hydrogen) atoms. The number of fused-ring (bicyclic) bond motifs is 1. The van der Waals surface area contributed by atoms with E-state index < -0.39 is 0 Å². The summed E-state index contributed by atoms with van der Waals surface area (Å²) in [6, 6.07) is 0. The van der Waals surface area contributed by atoms with Gasteiger partial charge in [-0.15, -0.1) is 10.2 Å². The Morgan fingerprint density at radius 1 is 1.50 bits per heavy atom. The molecule has 0 spiro atoms. The first-order valence-corrected chi connectivity index (χ1v) is 5.09. The molecule has 0 aliphatic carbocycles. The van der Waals surface area contributed by atoms with Crippen molar-refractivity contribution in [3.8, 4) is 0 Å². The summed E-state index contributed by atoms with van der Waals surface area (Å²) in [6.45, 7) is 5.12. The number of carbonyl (C=O) groups excluding carboxylic acids is 1. The average molecular weight is 193 g/mol. The molecular formula is C10H15N3O. The monoisotopic (exact) mass is 193 g/mol. The molecule has 0 aromatic carbocycles. The molecule has 4 nitrogen and oxygen atoms in total. The predicted molar refractivity (Wildman–Crippen MR) is 52.0 cm³/mol. The van der Waals surface area contributed by atoms with E-state index >= 15 is 0 Å². The third-order valence-electron chi connectivity index (χ3n) is 2.73. The van der Waals surface area contributed by atoms with Crippen LogP contribution in [0.5, 0.6) is 0 Å². The van der Waals surface area contributed by atoms with Crippen LogP contribution in [0.1, 0.15) is 37.8 Å². The average Bonchev–Trinajstić information content (AvgIpc) is 2.59. The lowest BCUT2D eigenvalue weighted by molar-refractivity contribution is -0.111. The minimum atomic E-state index is 0.145. The maximum atomic E-state index is 10.7. The van der Waals surface area contributed by atoms with Crippen LogP contribution in [-0.2, 0) is 17.8 Å². The number of hydrogen-bond acceptors (Lipinski definition) is 3. The zero-order chi connectivity index (χ0) is 10.1. The van der Waals surface area contributed by atoms with Crippen LogP contribution in [0.3, 0.4) is 0 Å². The molecule has 0 bridgehead atoms. The van der Waals surface area contributed by atoms with E-state index in [2.05, 4.69) is 28.6 Å². The van der Waals surface area contributed by atoms with E-state index in [1.54, 1.807) is 0 Å². The van der Waals surface area contributed by atoms with Gasteiger partial charge in [0.25, 0.3) is 0 Å². The standard InChI is InChI=1S/C10H15N3O/c1-7(2)10-12-11-9-5-8(6-14)3-4-13(9)10/h6-8H,3-5H2,1-2H3. The first-order valence-electron chi connectivity index (χ1n) is 5.09. The molecule has 1 unspecified atom stereocenters. The van der Waals surface area contributed by atoms with Crippen LogP contribution in [0.4, 0.5) is 0 Å². The maximum Gasteiger partial charge on any atom is 0.135 e. The quantitative estimate of drug-likeness (QED) is 0.662. The van der Waals surface area contributed by atoms with Crippen LogP contribution in [0.15, 0.2) is 0 Å². The highest BCUT2D eigenvalue weighted by atomic mass is 16.1. The van der Waals surface area contributed by atoms with Crippen molar-refractivity contribution < 1.29 is 4.79 Å². The highest BCUT2D eigenvalue weighted by Crippen LogP contribution is 2.22. The molecule has 1 atom stereocenters. The van der Waals surface area contributed by atoms with Gasteiger partial charge < -0.3 is 9.36 Å². The summed E-state index contributed by atoms with van der Waals surface area (Å²) in [5, 5.41) is 8.29. The van der Waals surface area contributed by atoms with Gasteiger partial charge in [0.1, 0.15) is 17.9 Å². The van der Waals surface area contributed by atoms with E-state index in [0.29, 0.717) is 5.92 Å². The van der Waals surface area contributed by atoms with Gasteiger partial charge in [0.2, 0.25) is 0 Å². The van der Waals surface area contributed by atoms with Crippen molar-refractivity contribution in [3.63, 3.8) is 0 Å². The van der Waals surface area contributed by atoms with E-state index in [0.717, 1.165) is 37.3 Å². The maximum absolute atomic E-state index is 10.7. The minimum Gasteiger partial charge on any atom is -0.315 e. The molecule has 0 amide bonds. The molecule has 2 heterocycles. The molecule has 1 aromatic rings. The largest absolute Gasteiger partial charge is 0.315 e. The summed E-state index contributed by atoms with van der Waals surface area (Å²) in [5.74, 6) is 2.57. The third kappa shape index (κ3) is 1.45. The lowest BCUT2D eigenvalue weighted by Gasteiger charge is -2.20. The van der Waals surface area contributed by atoms with E-state index in [1.165, 1.54) is 0 Å². The molecule has 0 saturated carbocycles. The topological polar surface area (TPSA) is 47.8 Å². The van der Waals surface area contributed by atoms with E-state index in [9.17, 15) is 4.79 Å². The summed E-state index contributed by atoms with van der Waals surface area (Å²) >= 11 is 0. The van der Waals surface area contributed by atoms with E-state index in [-0.39, 0.29) is 5.92 Å². The molecule has 0 radical (unpaired) electrons. The van der Waals surface area contributed by atoms with Crippen molar-refractivity contribution in [1.29, 1.82) is 0 Å². The van der Waals surface area contributed by atoms with Gasteiger partial charge in [-0.1, -0.05) is 13.8 Å². The van der Waals surface area contributed by atoms with Crippen molar-refractivity contribution in [2.24, 2.45) is 5.92 Å². The van der Waals surface area contributed by atoms with E-state index in [4.69, 9.17) is 0 Å². The van der Waals surface area contributed by atoms with Crippen LogP contribution >= 0.6 is 0 Å². The second-order valence-corrected chi connectivity index (χ2v) is 4.17. The van der Waals surface area contributed by atoms with Crippen molar-refractivity contribution in [3.05, 3.63) is 11.6 Å². The normalized spacial score (nSPS) is 20.9. The zero-order valence-electron chi connectivity index (χ0n) is 8.60. The first-order chi connectivity index (χ1) is 6.72. The highest BCUT2D eigenvalue weighted by Gasteiger charge is 2.23. The Morgan fingerprint density at radius 2 is 2.29 bits per heavy atom. The molecular weight excluding hydrogens is 178 g/mol. The summed E-state index contributed by atoms with van der Waals surface area (Å²) in [7, 11) is 0. The van der Waals surface area contributed by atoms with Crippen LogP contribution in [0.25, 0.3) is 0 Å². The lowest BCUT2D eigenvalue weighted by Crippen LogP contribution is -2.22. The fraction of sp³-hybridized carbons (Fsp3) is 0.700. The molecule has 0 saturated heterocycles. The van der Waals surface area contributed by atoms with Gasteiger partial charge in [0.15, 0.2) is 0 Å². The van der Waals surface area contributed by atoms with Crippen molar-refractivity contribution >= 4 is 6.29 Å². The Morgan fingerprint density at radius 3 is 2.93 bits per heavy atom. The van der Waals surface area contributed by atoms with Crippen LogP contribution in [-0.4, -0.2) is 21.1 Å². The van der Waals surface area contributed by atoms with Crippen molar-refractivity contribution in [2.45, 2.75) is 39.2 Å². The number of rotatable bonds is 2. The van der Waals surface area contributed by atoms with E-state index in [1.807, 2.05) is 0 Å². The Bertz CT molecular complexity index is 343. The number of hydrogen-bond donors (Lipinski definition) is 0. The molecule has 4 heteroatoms. The Labute approximate surface area is 83.3 Å². The fourth-order valence-corrected chi connectivity index (χ4v) is 1.92. The van der Waals surface area contributed by atoms with Gasteiger partial charge in [-0.25, -0.2) is 0 Å². The van der Waals surface area contributed by atoms with Crippen LogP contribution in [0.2, 0.25) is 0 Å². The molecule has 2 rings (SSSR count). The Hall–Kier alpha value is -1.19.